The van der Waals surface area contributed by atoms with Gasteiger partial charge >= 0.3 is 0 Å². The number of rotatable bonds is 10. The maximum atomic E-state index is 9.46. The van der Waals surface area contributed by atoms with Crippen molar-refractivity contribution in [2.45, 2.75) is 71.6 Å². The van der Waals surface area contributed by atoms with Gasteiger partial charge in [-0.15, -0.1) is 0 Å². The molecule has 0 aliphatic rings. The molecular weight excluding hydrogens is 196 g/mol. The predicted molar refractivity (Wildman–Crippen MR) is 72.8 cm³/mol. The van der Waals surface area contributed by atoms with Gasteiger partial charge in [0, 0.05) is 6.42 Å². The lowest BCUT2D eigenvalue weighted by Gasteiger charge is -2.01. The summed E-state index contributed by atoms with van der Waals surface area (Å²) in [7, 11) is 0. The molecule has 0 atom stereocenters. The van der Waals surface area contributed by atoms with Crippen molar-refractivity contribution < 1.29 is 5.11 Å². The number of hydrogen-bond donors (Lipinski definition) is 1. The Balaban J connectivity index is 3.20. The molecule has 0 aliphatic carbocycles. The van der Waals surface area contributed by atoms with Crippen LogP contribution in [0.15, 0.2) is 24.0 Å². The number of aliphatic hydroxyl groups is 1. The minimum absolute atomic E-state index is 0.518. The third kappa shape index (κ3) is 11.4. The van der Waals surface area contributed by atoms with Gasteiger partial charge in [0.1, 0.15) is 0 Å². The van der Waals surface area contributed by atoms with Crippen LogP contribution >= 0.6 is 0 Å². The molecule has 0 bridgehead atoms. The van der Waals surface area contributed by atoms with Crippen molar-refractivity contribution in [1.82, 2.24) is 0 Å². The zero-order valence-corrected chi connectivity index (χ0v) is 11.0. The molecule has 0 spiro atoms. The number of aliphatic hydroxyl groups excluding tert-OH is 1. The number of allylic oxidation sites excluding steroid dienone is 4. The van der Waals surface area contributed by atoms with Crippen molar-refractivity contribution in [2.75, 3.05) is 0 Å². The molecule has 1 nitrogen and oxygen atoms in total. The van der Waals surface area contributed by atoms with Crippen LogP contribution in [0.4, 0.5) is 0 Å². The van der Waals surface area contributed by atoms with E-state index in [0.29, 0.717) is 5.76 Å². The summed E-state index contributed by atoms with van der Waals surface area (Å²) in [6.07, 6.45) is 17.0. The van der Waals surface area contributed by atoms with Gasteiger partial charge in [-0.3, -0.25) is 0 Å². The summed E-state index contributed by atoms with van der Waals surface area (Å²) >= 11 is 0. The second-order valence-corrected chi connectivity index (χ2v) is 4.41. The minimum atomic E-state index is 0.518. The van der Waals surface area contributed by atoms with Gasteiger partial charge in [0.05, 0.1) is 5.76 Å². The van der Waals surface area contributed by atoms with Crippen molar-refractivity contribution in [3.63, 3.8) is 0 Å². The van der Waals surface area contributed by atoms with Gasteiger partial charge in [-0.1, -0.05) is 64.0 Å². The molecule has 0 aromatic heterocycles. The van der Waals surface area contributed by atoms with E-state index in [0.717, 1.165) is 12.8 Å². The Morgan fingerprint density at radius 1 is 0.938 bits per heavy atom. The van der Waals surface area contributed by atoms with E-state index < -0.39 is 0 Å². The van der Waals surface area contributed by atoms with Crippen molar-refractivity contribution in [3.8, 4) is 0 Å². The molecule has 0 rings (SSSR count). The number of hydrogen-bond acceptors (Lipinski definition) is 1. The molecule has 0 radical (unpaired) electrons. The smallest absolute Gasteiger partial charge is 0.0922 e. The van der Waals surface area contributed by atoms with Crippen molar-refractivity contribution in [1.29, 1.82) is 0 Å². The number of unbranched alkanes of at least 4 members (excludes halogenated alkanes) is 7. The summed E-state index contributed by atoms with van der Waals surface area (Å²) in [5, 5.41) is 9.46. The molecule has 0 aromatic rings. The first-order valence-corrected chi connectivity index (χ1v) is 6.82. The minimum Gasteiger partial charge on any atom is -0.512 e. The Labute approximate surface area is 101 Å². The molecule has 0 saturated carbocycles. The average molecular weight is 224 g/mol. The summed E-state index contributed by atoms with van der Waals surface area (Å²) < 4.78 is 0. The van der Waals surface area contributed by atoms with Crippen LogP contribution in [0.5, 0.6) is 0 Å². The molecular formula is C15H28O. The first-order chi connectivity index (χ1) is 7.81. The van der Waals surface area contributed by atoms with Crippen LogP contribution in [0.1, 0.15) is 71.6 Å². The molecule has 16 heavy (non-hydrogen) atoms. The van der Waals surface area contributed by atoms with E-state index in [1.165, 1.54) is 44.9 Å². The standard InChI is InChI=1S/C15H28O/c1-3-5-7-8-9-10-11-12-14-15(16)13-6-4-2/h4,6,13,16H,3,5,7-12,14H2,1-2H3. The van der Waals surface area contributed by atoms with E-state index in [1.807, 2.05) is 19.1 Å². The summed E-state index contributed by atoms with van der Waals surface area (Å²) in [6.45, 7) is 4.21. The van der Waals surface area contributed by atoms with Gasteiger partial charge in [0.2, 0.25) is 0 Å². The highest BCUT2D eigenvalue weighted by atomic mass is 16.3. The van der Waals surface area contributed by atoms with Gasteiger partial charge in [0.15, 0.2) is 0 Å². The van der Waals surface area contributed by atoms with Crippen LogP contribution in [0.3, 0.4) is 0 Å². The van der Waals surface area contributed by atoms with Crippen molar-refractivity contribution in [2.24, 2.45) is 0 Å². The molecule has 0 aliphatic heterocycles. The third-order valence-electron chi connectivity index (χ3n) is 2.77. The van der Waals surface area contributed by atoms with Crippen LogP contribution in [-0.4, -0.2) is 5.11 Å². The van der Waals surface area contributed by atoms with Crippen LogP contribution < -0.4 is 0 Å². The lowest BCUT2D eigenvalue weighted by molar-refractivity contribution is 0.380. The Morgan fingerprint density at radius 2 is 1.50 bits per heavy atom. The lowest BCUT2D eigenvalue weighted by Crippen LogP contribution is -1.84. The Morgan fingerprint density at radius 3 is 2.06 bits per heavy atom. The van der Waals surface area contributed by atoms with Gasteiger partial charge in [0.25, 0.3) is 0 Å². The molecule has 94 valence electrons. The van der Waals surface area contributed by atoms with Crippen molar-refractivity contribution >= 4 is 0 Å². The lowest BCUT2D eigenvalue weighted by atomic mass is 10.1. The van der Waals surface area contributed by atoms with Crippen LogP contribution in [0.2, 0.25) is 0 Å². The van der Waals surface area contributed by atoms with Crippen LogP contribution in [0, 0.1) is 0 Å². The normalized spacial score (nSPS) is 12.5. The molecule has 0 amide bonds. The second-order valence-electron chi connectivity index (χ2n) is 4.41. The van der Waals surface area contributed by atoms with E-state index in [1.54, 1.807) is 6.08 Å². The third-order valence-corrected chi connectivity index (χ3v) is 2.77. The quantitative estimate of drug-likeness (QED) is 0.293. The fraction of sp³-hybridized carbons (Fsp3) is 0.733. The summed E-state index contributed by atoms with van der Waals surface area (Å²) in [5.74, 6) is 0.518. The Hall–Kier alpha value is -0.720. The van der Waals surface area contributed by atoms with E-state index in [2.05, 4.69) is 6.92 Å². The van der Waals surface area contributed by atoms with Gasteiger partial charge in [-0.2, -0.15) is 0 Å². The molecule has 0 aromatic carbocycles. The van der Waals surface area contributed by atoms with E-state index in [4.69, 9.17) is 0 Å². The highest BCUT2D eigenvalue weighted by Crippen LogP contribution is 2.11. The maximum absolute atomic E-state index is 9.46. The molecule has 0 unspecified atom stereocenters. The van der Waals surface area contributed by atoms with E-state index >= 15 is 0 Å². The summed E-state index contributed by atoms with van der Waals surface area (Å²) in [6, 6.07) is 0. The first-order valence-electron chi connectivity index (χ1n) is 6.82. The predicted octanol–water partition coefficient (Wildman–Crippen LogP) is 5.54. The molecule has 0 fully saturated rings. The molecule has 0 saturated heterocycles. The van der Waals surface area contributed by atoms with Gasteiger partial charge in [-0.05, 0) is 19.4 Å². The SMILES string of the molecule is CC=CC=C(O)CCCCCCCCCC. The zero-order chi connectivity index (χ0) is 12.1. The largest absolute Gasteiger partial charge is 0.512 e. The second kappa shape index (κ2) is 12.4. The highest BCUT2D eigenvalue weighted by Gasteiger charge is 1.94. The van der Waals surface area contributed by atoms with Gasteiger partial charge in [-0.25, -0.2) is 0 Å². The fourth-order valence-corrected chi connectivity index (χ4v) is 1.73. The highest BCUT2D eigenvalue weighted by molar-refractivity contribution is 5.05. The van der Waals surface area contributed by atoms with E-state index in [-0.39, 0.29) is 0 Å². The van der Waals surface area contributed by atoms with Crippen LogP contribution in [0.25, 0.3) is 0 Å². The average Bonchev–Trinajstić information content (AvgIpc) is 2.30. The van der Waals surface area contributed by atoms with Gasteiger partial charge < -0.3 is 5.11 Å². The zero-order valence-electron chi connectivity index (χ0n) is 11.0. The van der Waals surface area contributed by atoms with Crippen molar-refractivity contribution in [3.05, 3.63) is 24.0 Å². The van der Waals surface area contributed by atoms with Crippen LogP contribution in [-0.2, 0) is 0 Å². The first kappa shape index (κ1) is 15.3. The fourth-order valence-electron chi connectivity index (χ4n) is 1.73. The topological polar surface area (TPSA) is 20.2 Å². The summed E-state index contributed by atoms with van der Waals surface area (Å²) in [5.41, 5.74) is 0. The monoisotopic (exact) mass is 224 g/mol. The molecule has 1 N–H and O–H groups in total. The molecule has 0 heterocycles. The molecule has 1 heteroatoms. The van der Waals surface area contributed by atoms with E-state index in [9.17, 15) is 5.11 Å². The summed E-state index contributed by atoms with van der Waals surface area (Å²) in [4.78, 5) is 0. The maximum Gasteiger partial charge on any atom is 0.0922 e. The Bertz CT molecular complexity index is 192. The Kier molecular flexibility index (Phi) is 11.8.